The van der Waals surface area contributed by atoms with Crippen LogP contribution >= 0.6 is 11.8 Å². The summed E-state index contributed by atoms with van der Waals surface area (Å²) in [5.74, 6) is -0.840. The molecule has 0 amide bonds. The van der Waals surface area contributed by atoms with Crippen LogP contribution in [0.3, 0.4) is 0 Å². The van der Waals surface area contributed by atoms with Gasteiger partial charge < -0.3 is 5.11 Å². The normalized spacial score (nSPS) is 13.0. The number of aromatic carboxylic acids is 1. The molecule has 1 heterocycles. The van der Waals surface area contributed by atoms with E-state index in [9.17, 15) is 9.59 Å². The van der Waals surface area contributed by atoms with Crippen molar-refractivity contribution in [2.24, 2.45) is 0 Å². The lowest BCUT2D eigenvalue weighted by Gasteiger charge is -2.07. The number of rotatable bonds is 2. The van der Waals surface area contributed by atoms with Crippen LogP contribution in [-0.4, -0.2) is 16.9 Å². The average molecular weight is 298 g/mol. The summed E-state index contributed by atoms with van der Waals surface area (Å²) >= 11 is 1.58. The van der Waals surface area contributed by atoms with E-state index < -0.39 is 5.97 Å². The van der Waals surface area contributed by atoms with Gasteiger partial charge in [0.05, 0.1) is 5.56 Å². The fourth-order valence-electron chi connectivity index (χ4n) is 2.47. The van der Waals surface area contributed by atoms with Crippen molar-refractivity contribution in [2.75, 3.05) is 0 Å². The Kier molecular flexibility index (Phi) is 3.55. The molecule has 0 bridgehead atoms. The second kappa shape index (κ2) is 5.37. The van der Waals surface area contributed by atoms with Gasteiger partial charge in [0.25, 0.3) is 0 Å². The number of hydrogen-bond donors (Lipinski definition) is 1. The zero-order valence-corrected chi connectivity index (χ0v) is 12.4. The van der Waals surface area contributed by atoms with Gasteiger partial charge in [-0.3, -0.25) is 4.79 Å². The van der Waals surface area contributed by atoms with Crippen molar-refractivity contribution in [3.63, 3.8) is 0 Å². The Bertz CT molecular complexity index is 750. The third-order valence-electron chi connectivity index (χ3n) is 3.66. The van der Waals surface area contributed by atoms with Crippen LogP contribution in [0, 0.1) is 0 Å². The molecular formula is C17H14O3S. The summed E-state index contributed by atoms with van der Waals surface area (Å²) in [5.41, 5.74) is 3.35. The molecule has 0 aromatic heterocycles. The molecule has 3 rings (SSSR count). The van der Waals surface area contributed by atoms with Gasteiger partial charge in [0.15, 0.2) is 5.78 Å². The summed E-state index contributed by atoms with van der Waals surface area (Å²) in [6.07, 6.45) is 1.72. The highest BCUT2D eigenvalue weighted by Crippen LogP contribution is 2.38. The van der Waals surface area contributed by atoms with Gasteiger partial charge in [-0.1, -0.05) is 23.9 Å². The molecule has 0 aliphatic carbocycles. The van der Waals surface area contributed by atoms with Crippen molar-refractivity contribution < 1.29 is 14.7 Å². The van der Waals surface area contributed by atoms with E-state index in [-0.39, 0.29) is 5.78 Å². The van der Waals surface area contributed by atoms with E-state index in [1.807, 2.05) is 24.3 Å². The van der Waals surface area contributed by atoms with Crippen molar-refractivity contribution in [3.05, 3.63) is 58.7 Å². The van der Waals surface area contributed by atoms with Gasteiger partial charge in [-0.05, 0) is 55.2 Å². The number of carboxylic acids is 1. The Labute approximate surface area is 127 Å². The number of aryl methyl sites for hydroxylation is 2. The molecule has 21 heavy (non-hydrogen) atoms. The Hall–Kier alpha value is -2.07. The fourth-order valence-corrected chi connectivity index (χ4v) is 3.62. The summed E-state index contributed by atoms with van der Waals surface area (Å²) in [4.78, 5) is 24.7. The number of fused-ring (bicyclic) bond motifs is 2. The summed E-state index contributed by atoms with van der Waals surface area (Å²) in [6, 6.07) is 11.0. The third kappa shape index (κ3) is 2.72. The van der Waals surface area contributed by atoms with Gasteiger partial charge >= 0.3 is 5.97 Å². The van der Waals surface area contributed by atoms with Crippen LogP contribution in [0.4, 0.5) is 0 Å². The number of carboxylic acid groups (broad SMARTS) is 1. The molecule has 3 nitrogen and oxygen atoms in total. The van der Waals surface area contributed by atoms with E-state index in [1.165, 1.54) is 0 Å². The highest BCUT2D eigenvalue weighted by atomic mass is 32.2. The number of Topliss-reactive ketones (excluding diaryl/α,β-unsaturated/α-hetero) is 1. The first-order valence-corrected chi connectivity index (χ1v) is 7.54. The summed E-state index contributed by atoms with van der Waals surface area (Å²) < 4.78 is 0. The predicted molar refractivity (Wildman–Crippen MR) is 81.4 cm³/mol. The molecule has 1 aliphatic rings. The molecule has 2 aromatic rings. The monoisotopic (exact) mass is 298 g/mol. The second-order valence-corrected chi connectivity index (χ2v) is 6.19. The Morgan fingerprint density at radius 1 is 0.952 bits per heavy atom. The number of carbonyl (C=O) groups is 2. The minimum Gasteiger partial charge on any atom is -0.478 e. The molecule has 0 unspecified atom stereocenters. The topological polar surface area (TPSA) is 54.4 Å². The zero-order chi connectivity index (χ0) is 15.0. The fraction of sp³-hybridized carbons (Fsp3) is 0.176. The SMILES string of the molecule is CC(=O)c1ccc2c(c1)CCc1ccc(C(=O)O)cc1S2. The highest BCUT2D eigenvalue weighted by molar-refractivity contribution is 7.99. The highest BCUT2D eigenvalue weighted by Gasteiger charge is 2.17. The molecule has 1 N–H and O–H groups in total. The van der Waals surface area contributed by atoms with E-state index >= 15 is 0 Å². The van der Waals surface area contributed by atoms with E-state index in [0.717, 1.165) is 39.3 Å². The van der Waals surface area contributed by atoms with Gasteiger partial charge in [-0.15, -0.1) is 0 Å². The van der Waals surface area contributed by atoms with E-state index in [1.54, 1.807) is 30.8 Å². The number of carbonyl (C=O) groups excluding carboxylic acids is 1. The van der Waals surface area contributed by atoms with Gasteiger partial charge in [-0.25, -0.2) is 4.79 Å². The van der Waals surface area contributed by atoms with E-state index in [0.29, 0.717) is 5.56 Å². The standard InChI is InChI=1S/C17H14O3S/c1-10(18)12-6-7-15-13(8-12)4-2-11-3-5-14(17(19)20)9-16(11)21-15/h3,5-9H,2,4H2,1H3,(H,19,20). The number of benzene rings is 2. The van der Waals surface area contributed by atoms with Crippen LogP contribution in [0.1, 0.15) is 38.8 Å². The van der Waals surface area contributed by atoms with Crippen molar-refractivity contribution >= 4 is 23.5 Å². The molecule has 0 spiro atoms. The van der Waals surface area contributed by atoms with Crippen molar-refractivity contribution in [1.82, 2.24) is 0 Å². The first kappa shape index (κ1) is 13.9. The molecule has 0 fully saturated rings. The van der Waals surface area contributed by atoms with E-state index in [2.05, 4.69) is 0 Å². The van der Waals surface area contributed by atoms with Gasteiger partial charge in [0.2, 0.25) is 0 Å². The van der Waals surface area contributed by atoms with Crippen molar-refractivity contribution in [1.29, 1.82) is 0 Å². The van der Waals surface area contributed by atoms with Gasteiger partial charge in [0, 0.05) is 15.4 Å². The van der Waals surface area contributed by atoms with Crippen LogP contribution in [-0.2, 0) is 12.8 Å². The lowest BCUT2D eigenvalue weighted by atomic mass is 10.0. The largest absolute Gasteiger partial charge is 0.478 e. The summed E-state index contributed by atoms with van der Waals surface area (Å²) in [7, 11) is 0. The second-order valence-electron chi connectivity index (χ2n) is 5.11. The zero-order valence-electron chi connectivity index (χ0n) is 11.6. The molecule has 0 atom stereocenters. The van der Waals surface area contributed by atoms with Crippen LogP contribution in [0.5, 0.6) is 0 Å². The summed E-state index contributed by atoms with van der Waals surface area (Å²) in [5, 5.41) is 9.10. The van der Waals surface area contributed by atoms with Crippen LogP contribution in [0.15, 0.2) is 46.2 Å². The molecule has 2 aromatic carbocycles. The van der Waals surface area contributed by atoms with Crippen LogP contribution in [0.25, 0.3) is 0 Å². The Morgan fingerprint density at radius 3 is 2.38 bits per heavy atom. The van der Waals surface area contributed by atoms with E-state index in [4.69, 9.17) is 5.11 Å². The molecule has 106 valence electrons. The molecule has 0 radical (unpaired) electrons. The molecule has 0 saturated heterocycles. The minimum absolute atomic E-state index is 0.0673. The molecular weight excluding hydrogens is 284 g/mol. The maximum Gasteiger partial charge on any atom is 0.335 e. The van der Waals surface area contributed by atoms with Crippen molar-refractivity contribution in [3.8, 4) is 0 Å². The average Bonchev–Trinajstić information content (AvgIpc) is 2.64. The lowest BCUT2D eigenvalue weighted by molar-refractivity contribution is 0.0696. The quantitative estimate of drug-likeness (QED) is 0.856. The molecule has 1 aliphatic heterocycles. The summed E-state index contributed by atoms with van der Waals surface area (Å²) in [6.45, 7) is 1.57. The van der Waals surface area contributed by atoms with Crippen LogP contribution in [0.2, 0.25) is 0 Å². The predicted octanol–water partition coefficient (Wildman–Crippen LogP) is 3.84. The Balaban J connectivity index is 2.02. The Morgan fingerprint density at radius 2 is 1.67 bits per heavy atom. The van der Waals surface area contributed by atoms with Gasteiger partial charge in [-0.2, -0.15) is 0 Å². The maximum absolute atomic E-state index is 11.5. The number of ketones is 1. The molecule has 4 heteroatoms. The van der Waals surface area contributed by atoms with Crippen molar-refractivity contribution in [2.45, 2.75) is 29.6 Å². The first-order valence-electron chi connectivity index (χ1n) is 6.72. The van der Waals surface area contributed by atoms with Crippen LogP contribution < -0.4 is 0 Å². The van der Waals surface area contributed by atoms with Gasteiger partial charge in [0.1, 0.15) is 0 Å². The lowest BCUT2D eigenvalue weighted by Crippen LogP contribution is -1.98. The minimum atomic E-state index is -0.908. The molecule has 0 saturated carbocycles. The number of hydrogen-bond acceptors (Lipinski definition) is 3. The maximum atomic E-state index is 11.5. The smallest absolute Gasteiger partial charge is 0.335 e. The third-order valence-corrected chi connectivity index (χ3v) is 4.88. The first-order chi connectivity index (χ1) is 10.0.